The Labute approximate surface area is 128 Å². The third-order valence-corrected chi connectivity index (χ3v) is 5.12. The van der Waals surface area contributed by atoms with Crippen LogP contribution in [0.25, 0.3) is 0 Å². The summed E-state index contributed by atoms with van der Waals surface area (Å²) in [4.78, 5) is 13.9. The van der Waals surface area contributed by atoms with Gasteiger partial charge in [0, 0.05) is 23.4 Å². The van der Waals surface area contributed by atoms with E-state index in [1.165, 1.54) is 10.5 Å². The number of aromatic nitrogens is 2. The van der Waals surface area contributed by atoms with Crippen molar-refractivity contribution in [1.82, 2.24) is 15.1 Å². The molecular formula is C16H19N3OS. The van der Waals surface area contributed by atoms with Gasteiger partial charge in [0.1, 0.15) is 0 Å². The van der Waals surface area contributed by atoms with Crippen LogP contribution in [0.2, 0.25) is 0 Å². The molecule has 21 heavy (non-hydrogen) atoms. The second-order valence-corrected chi connectivity index (χ2v) is 6.51. The van der Waals surface area contributed by atoms with Gasteiger partial charge >= 0.3 is 0 Å². The molecule has 1 atom stereocenters. The number of hydrogen-bond donors (Lipinski definition) is 1. The summed E-state index contributed by atoms with van der Waals surface area (Å²) in [5.74, 6) is 1.01. The third kappa shape index (κ3) is 2.58. The fraction of sp³-hybridized carbons (Fsp3) is 0.375. The van der Waals surface area contributed by atoms with Crippen LogP contribution in [0, 0.1) is 13.8 Å². The van der Waals surface area contributed by atoms with E-state index in [1.54, 1.807) is 4.68 Å². The molecule has 0 fully saturated rings. The van der Waals surface area contributed by atoms with Crippen LogP contribution < -0.4 is 5.32 Å². The molecule has 4 nitrogen and oxygen atoms in total. The van der Waals surface area contributed by atoms with Crippen LogP contribution in [-0.4, -0.2) is 21.4 Å². The number of carbonyl (C=O) groups excluding carboxylic acids is 1. The van der Waals surface area contributed by atoms with Crippen LogP contribution in [0.5, 0.6) is 0 Å². The maximum atomic E-state index is 12.6. The number of thioether (sulfide) groups is 1. The highest BCUT2D eigenvalue weighted by molar-refractivity contribution is 7.99. The average Bonchev–Trinajstić information content (AvgIpc) is 2.72. The summed E-state index contributed by atoms with van der Waals surface area (Å²) in [5.41, 5.74) is 3.61. The van der Waals surface area contributed by atoms with Crippen LogP contribution in [0.3, 0.4) is 0 Å². The second kappa shape index (κ2) is 5.56. The summed E-state index contributed by atoms with van der Waals surface area (Å²) >= 11 is 1.86. The molecule has 0 unspecified atom stereocenters. The molecule has 3 rings (SSSR count). The monoisotopic (exact) mass is 301 g/mol. The van der Waals surface area contributed by atoms with Gasteiger partial charge in [-0.1, -0.05) is 18.2 Å². The van der Waals surface area contributed by atoms with E-state index in [0.717, 1.165) is 23.6 Å². The smallest absolute Gasteiger partial charge is 0.255 e. The first-order chi connectivity index (χ1) is 10.1. The number of benzene rings is 1. The molecule has 2 aromatic rings. The third-order valence-electron chi connectivity index (χ3n) is 4.00. The van der Waals surface area contributed by atoms with E-state index in [1.807, 2.05) is 44.8 Å². The normalized spacial score (nSPS) is 17.4. The summed E-state index contributed by atoms with van der Waals surface area (Å²) < 4.78 is 1.76. The number of hydrogen-bond acceptors (Lipinski definition) is 3. The number of rotatable bonds is 2. The van der Waals surface area contributed by atoms with Crippen LogP contribution in [0.1, 0.15) is 39.8 Å². The molecular weight excluding hydrogens is 282 g/mol. The van der Waals surface area contributed by atoms with Gasteiger partial charge in [0.2, 0.25) is 0 Å². The van der Waals surface area contributed by atoms with E-state index >= 15 is 0 Å². The minimum Gasteiger partial charge on any atom is -0.345 e. The predicted octanol–water partition coefficient (Wildman–Crippen LogP) is 3.00. The molecule has 0 spiro atoms. The molecule has 110 valence electrons. The van der Waals surface area contributed by atoms with Crippen molar-refractivity contribution in [2.24, 2.45) is 7.05 Å². The molecule has 1 aromatic carbocycles. The van der Waals surface area contributed by atoms with E-state index in [2.05, 4.69) is 22.5 Å². The molecule has 0 saturated heterocycles. The minimum absolute atomic E-state index is 0.0233. The Hall–Kier alpha value is -1.75. The number of aryl methyl sites for hydroxylation is 2. The lowest BCUT2D eigenvalue weighted by Crippen LogP contribution is -2.31. The average molecular weight is 301 g/mol. The number of fused-ring (bicyclic) bond motifs is 1. The Morgan fingerprint density at radius 1 is 1.38 bits per heavy atom. The van der Waals surface area contributed by atoms with E-state index < -0.39 is 0 Å². The maximum Gasteiger partial charge on any atom is 0.255 e. The highest BCUT2D eigenvalue weighted by Gasteiger charge is 2.25. The fourth-order valence-corrected chi connectivity index (χ4v) is 3.95. The molecule has 2 heterocycles. The van der Waals surface area contributed by atoms with E-state index in [9.17, 15) is 4.79 Å². The van der Waals surface area contributed by atoms with Crippen molar-refractivity contribution >= 4 is 17.7 Å². The van der Waals surface area contributed by atoms with Gasteiger partial charge in [-0.15, -0.1) is 11.8 Å². The van der Waals surface area contributed by atoms with Gasteiger partial charge in [-0.05, 0) is 31.9 Å². The maximum absolute atomic E-state index is 12.6. The molecule has 1 amide bonds. The topological polar surface area (TPSA) is 46.9 Å². The summed E-state index contributed by atoms with van der Waals surface area (Å²) in [6.07, 6.45) is 0.964. The molecule has 0 radical (unpaired) electrons. The highest BCUT2D eigenvalue weighted by Crippen LogP contribution is 2.36. The minimum atomic E-state index is -0.0233. The Morgan fingerprint density at radius 3 is 2.86 bits per heavy atom. The summed E-state index contributed by atoms with van der Waals surface area (Å²) in [7, 11) is 1.87. The first-order valence-corrected chi connectivity index (χ1v) is 8.09. The Bertz CT molecular complexity index is 693. The number of nitrogens with one attached hydrogen (secondary N) is 1. The number of nitrogens with zero attached hydrogens (tertiary/aromatic N) is 2. The molecule has 5 heteroatoms. The lowest BCUT2D eigenvalue weighted by molar-refractivity contribution is 0.0933. The van der Waals surface area contributed by atoms with Gasteiger partial charge in [0.15, 0.2) is 0 Å². The van der Waals surface area contributed by atoms with Gasteiger partial charge in [0.05, 0.1) is 17.3 Å². The Kier molecular flexibility index (Phi) is 3.76. The lowest BCUT2D eigenvalue weighted by atomic mass is 10.0. The van der Waals surface area contributed by atoms with Crippen LogP contribution in [0.15, 0.2) is 29.2 Å². The SMILES string of the molecule is Cc1nn(C)c(C)c1C(=O)N[C@H]1CCSc2ccccc21. The fourth-order valence-electron chi connectivity index (χ4n) is 2.82. The molecule has 0 saturated carbocycles. The van der Waals surface area contributed by atoms with Crippen molar-refractivity contribution in [3.63, 3.8) is 0 Å². The zero-order chi connectivity index (χ0) is 15.0. The van der Waals surface area contributed by atoms with E-state index in [4.69, 9.17) is 0 Å². The summed E-state index contributed by atoms with van der Waals surface area (Å²) in [6, 6.07) is 8.40. The van der Waals surface area contributed by atoms with Crippen molar-refractivity contribution in [2.75, 3.05) is 5.75 Å². The van der Waals surface area contributed by atoms with Gasteiger partial charge in [-0.2, -0.15) is 5.10 Å². The zero-order valence-corrected chi connectivity index (χ0v) is 13.3. The van der Waals surface area contributed by atoms with Gasteiger partial charge in [-0.3, -0.25) is 9.48 Å². The van der Waals surface area contributed by atoms with E-state index in [-0.39, 0.29) is 11.9 Å². The Balaban J connectivity index is 1.86. The molecule has 1 N–H and O–H groups in total. The van der Waals surface area contributed by atoms with Crippen molar-refractivity contribution < 1.29 is 4.79 Å². The van der Waals surface area contributed by atoms with Crippen molar-refractivity contribution in [2.45, 2.75) is 31.2 Å². The summed E-state index contributed by atoms with van der Waals surface area (Å²) in [5, 5.41) is 7.50. The summed E-state index contributed by atoms with van der Waals surface area (Å²) in [6.45, 7) is 3.81. The van der Waals surface area contributed by atoms with E-state index in [0.29, 0.717) is 5.56 Å². The number of carbonyl (C=O) groups is 1. The van der Waals surface area contributed by atoms with Crippen molar-refractivity contribution in [1.29, 1.82) is 0 Å². The number of amides is 1. The molecule has 0 bridgehead atoms. The van der Waals surface area contributed by atoms with Gasteiger partial charge < -0.3 is 5.32 Å². The molecule has 1 aliphatic heterocycles. The molecule has 1 aromatic heterocycles. The molecule has 1 aliphatic rings. The standard InChI is InChI=1S/C16H19N3OS/c1-10-15(11(2)19(3)18-10)16(20)17-13-8-9-21-14-7-5-4-6-12(13)14/h4-7,13H,8-9H2,1-3H3,(H,17,20)/t13-/m0/s1. The molecule has 0 aliphatic carbocycles. The van der Waals surface area contributed by atoms with Gasteiger partial charge in [-0.25, -0.2) is 0 Å². The van der Waals surface area contributed by atoms with Crippen molar-refractivity contribution in [3.05, 3.63) is 46.8 Å². The lowest BCUT2D eigenvalue weighted by Gasteiger charge is -2.25. The zero-order valence-electron chi connectivity index (χ0n) is 12.5. The predicted molar refractivity (Wildman–Crippen MR) is 84.7 cm³/mol. The first kappa shape index (κ1) is 14.2. The highest BCUT2D eigenvalue weighted by atomic mass is 32.2. The van der Waals surface area contributed by atoms with Gasteiger partial charge in [0.25, 0.3) is 5.91 Å². The Morgan fingerprint density at radius 2 is 2.14 bits per heavy atom. The quantitative estimate of drug-likeness (QED) is 0.927. The van der Waals surface area contributed by atoms with Crippen LogP contribution in [-0.2, 0) is 7.05 Å². The van der Waals surface area contributed by atoms with Crippen LogP contribution >= 0.6 is 11.8 Å². The van der Waals surface area contributed by atoms with Crippen LogP contribution in [0.4, 0.5) is 0 Å². The first-order valence-electron chi connectivity index (χ1n) is 7.10. The second-order valence-electron chi connectivity index (χ2n) is 5.37. The largest absolute Gasteiger partial charge is 0.345 e. The van der Waals surface area contributed by atoms with Crippen molar-refractivity contribution in [3.8, 4) is 0 Å².